The number of aryl methyl sites for hydroxylation is 1. The van der Waals surface area contributed by atoms with Crippen molar-refractivity contribution in [1.29, 1.82) is 0 Å². The van der Waals surface area contributed by atoms with Gasteiger partial charge in [0.1, 0.15) is 0 Å². The molecule has 2 rings (SSSR count). The van der Waals surface area contributed by atoms with E-state index in [4.69, 9.17) is 0 Å². The third-order valence-corrected chi connectivity index (χ3v) is 3.11. The second-order valence-corrected chi connectivity index (χ2v) is 4.31. The zero-order valence-electron chi connectivity index (χ0n) is 9.89. The van der Waals surface area contributed by atoms with Gasteiger partial charge in [0.2, 0.25) is 5.91 Å². The number of nitrogens with zero attached hydrogens (tertiary/aromatic N) is 4. The molecule has 1 saturated heterocycles. The van der Waals surface area contributed by atoms with Crippen molar-refractivity contribution in [2.24, 2.45) is 7.05 Å². The van der Waals surface area contributed by atoms with Crippen LogP contribution in [-0.4, -0.2) is 58.7 Å². The van der Waals surface area contributed by atoms with Crippen LogP contribution in [0, 0.1) is 0 Å². The van der Waals surface area contributed by atoms with Crippen LogP contribution in [0.2, 0.25) is 0 Å². The Morgan fingerprint density at radius 3 is 2.56 bits per heavy atom. The number of likely N-dealkylation sites (N-methyl/N-ethyl adjacent to an activating group) is 1. The van der Waals surface area contributed by atoms with Crippen molar-refractivity contribution in [2.45, 2.75) is 6.42 Å². The summed E-state index contributed by atoms with van der Waals surface area (Å²) in [7, 11) is 3.95. The molecule has 16 heavy (non-hydrogen) atoms. The Morgan fingerprint density at radius 1 is 1.31 bits per heavy atom. The molecule has 0 bridgehead atoms. The standard InChI is InChI=1S/C11H18N4O/c1-13-5-7-15(8-6-13)11(16)9-10-3-4-12-14(10)2/h3-4H,5-9H2,1-2H3. The second kappa shape index (κ2) is 4.65. The zero-order chi connectivity index (χ0) is 11.5. The number of carbonyl (C=O) groups is 1. The SMILES string of the molecule is CN1CCN(C(=O)Cc2ccnn2C)CC1. The van der Waals surface area contributed by atoms with E-state index < -0.39 is 0 Å². The first kappa shape index (κ1) is 11.1. The van der Waals surface area contributed by atoms with Gasteiger partial charge in [-0.05, 0) is 13.1 Å². The van der Waals surface area contributed by atoms with Gasteiger partial charge in [-0.3, -0.25) is 9.48 Å². The number of rotatable bonds is 2. The Kier molecular flexibility index (Phi) is 3.24. The molecule has 0 aromatic carbocycles. The number of carbonyl (C=O) groups excluding carboxylic acids is 1. The van der Waals surface area contributed by atoms with Crippen LogP contribution < -0.4 is 0 Å². The van der Waals surface area contributed by atoms with Crippen LogP contribution >= 0.6 is 0 Å². The summed E-state index contributed by atoms with van der Waals surface area (Å²) in [6, 6.07) is 1.90. The Hall–Kier alpha value is -1.36. The van der Waals surface area contributed by atoms with Crippen molar-refractivity contribution >= 4 is 5.91 Å². The van der Waals surface area contributed by atoms with E-state index in [0.717, 1.165) is 31.9 Å². The number of hydrogen-bond acceptors (Lipinski definition) is 3. The van der Waals surface area contributed by atoms with Crippen LogP contribution in [0.1, 0.15) is 5.69 Å². The lowest BCUT2D eigenvalue weighted by Crippen LogP contribution is -2.47. The van der Waals surface area contributed by atoms with Crippen LogP contribution in [-0.2, 0) is 18.3 Å². The number of amides is 1. The molecule has 0 atom stereocenters. The maximum absolute atomic E-state index is 12.0. The Morgan fingerprint density at radius 2 is 2.00 bits per heavy atom. The van der Waals surface area contributed by atoms with Gasteiger partial charge < -0.3 is 9.80 Å². The first-order valence-corrected chi connectivity index (χ1v) is 5.60. The molecule has 0 aliphatic carbocycles. The first-order chi connectivity index (χ1) is 7.66. The van der Waals surface area contributed by atoms with Crippen molar-refractivity contribution in [3.8, 4) is 0 Å². The van der Waals surface area contributed by atoms with Gasteiger partial charge in [0.05, 0.1) is 6.42 Å². The lowest BCUT2D eigenvalue weighted by molar-refractivity contribution is -0.132. The molecule has 88 valence electrons. The molecule has 5 heteroatoms. The molecule has 1 aliphatic heterocycles. The van der Waals surface area contributed by atoms with Crippen molar-refractivity contribution in [3.05, 3.63) is 18.0 Å². The molecule has 2 heterocycles. The average molecular weight is 222 g/mol. The maximum atomic E-state index is 12.0. The van der Waals surface area contributed by atoms with Crippen molar-refractivity contribution in [3.63, 3.8) is 0 Å². The summed E-state index contributed by atoms with van der Waals surface area (Å²) in [5.74, 6) is 0.205. The minimum absolute atomic E-state index is 0.205. The molecule has 1 aliphatic rings. The van der Waals surface area contributed by atoms with Crippen molar-refractivity contribution in [2.75, 3.05) is 33.2 Å². The predicted molar refractivity (Wildman–Crippen MR) is 61.0 cm³/mol. The van der Waals surface area contributed by atoms with E-state index in [1.165, 1.54) is 0 Å². The van der Waals surface area contributed by atoms with Gasteiger partial charge in [-0.2, -0.15) is 5.10 Å². The highest BCUT2D eigenvalue weighted by Gasteiger charge is 2.19. The smallest absolute Gasteiger partial charge is 0.228 e. The Labute approximate surface area is 95.6 Å². The largest absolute Gasteiger partial charge is 0.340 e. The zero-order valence-corrected chi connectivity index (χ0v) is 9.89. The van der Waals surface area contributed by atoms with Gasteiger partial charge in [-0.25, -0.2) is 0 Å². The molecule has 5 nitrogen and oxygen atoms in total. The van der Waals surface area contributed by atoms with E-state index in [0.29, 0.717) is 6.42 Å². The van der Waals surface area contributed by atoms with Crippen molar-refractivity contribution in [1.82, 2.24) is 19.6 Å². The van der Waals surface area contributed by atoms with E-state index in [-0.39, 0.29) is 5.91 Å². The minimum Gasteiger partial charge on any atom is -0.340 e. The number of aromatic nitrogens is 2. The molecule has 1 aromatic rings. The molecule has 0 radical (unpaired) electrons. The van der Waals surface area contributed by atoms with E-state index in [1.807, 2.05) is 18.0 Å². The van der Waals surface area contributed by atoms with Gasteiger partial charge >= 0.3 is 0 Å². The van der Waals surface area contributed by atoms with Gasteiger partial charge in [-0.1, -0.05) is 0 Å². The maximum Gasteiger partial charge on any atom is 0.228 e. The van der Waals surface area contributed by atoms with E-state index >= 15 is 0 Å². The Balaban J connectivity index is 1.91. The van der Waals surface area contributed by atoms with E-state index in [2.05, 4.69) is 17.0 Å². The molecule has 0 spiro atoms. The summed E-state index contributed by atoms with van der Waals surface area (Å²) in [6.07, 6.45) is 2.19. The topological polar surface area (TPSA) is 41.4 Å². The molecule has 1 aromatic heterocycles. The van der Waals surface area contributed by atoms with Crippen LogP contribution in [0.25, 0.3) is 0 Å². The summed E-state index contributed by atoms with van der Waals surface area (Å²) >= 11 is 0. The summed E-state index contributed by atoms with van der Waals surface area (Å²) in [6.45, 7) is 3.62. The molecular weight excluding hydrogens is 204 g/mol. The first-order valence-electron chi connectivity index (χ1n) is 5.60. The Bertz CT molecular complexity index is 366. The number of hydrogen-bond donors (Lipinski definition) is 0. The lowest BCUT2D eigenvalue weighted by atomic mass is 10.2. The van der Waals surface area contributed by atoms with Gasteiger partial charge in [-0.15, -0.1) is 0 Å². The normalized spacial score (nSPS) is 17.8. The molecule has 1 amide bonds. The second-order valence-electron chi connectivity index (χ2n) is 4.31. The summed E-state index contributed by atoms with van der Waals surface area (Å²) < 4.78 is 1.76. The molecular formula is C11H18N4O. The van der Waals surface area contributed by atoms with Crippen molar-refractivity contribution < 1.29 is 4.79 Å². The highest BCUT2D eigenvalue weighted by Crippen LogP contribution is 2.04. The molecule has 0 unspecified atom stereocenters. The quantitative estimate of drug-likeness (QED) is 0.692. The van der Waals surface area contributed by atoms with Crippen LogP contribution in [0.4, 0.5) is 0 Å². The third kappa shape index (κ3) is 2.41. The third-order valence-electron chi connectivity index (χ3n) is 3.11. The fourth-order valence-corrected chi connectivity index (χ4v) is 1.90. The van der Waals surface area contributed by atoms with Crippen LogP contribution in [0.3, 0.4) is 0 Å². The van der Waals surface area contributed by atoms with E-state index in [1.54, 1.807) is 10.9 Å². The van der Waals surface area contributed by atoms with Crippen LogP contribution in [0.15, 0.2) is 12.3 Å². The molecule has 1 fully saturated rings. The predicted octanol–water partition coefficient (Wildman–Crippen LogP) is -0.263. The fraction of sp³-hybridized carbons (Fsp3) is 0.636. The van der Waals surface area contributed by atoms with Gasteiger partial charge in [0, 0.05) is 45.1 Å². The van der Waals surface area contributed by atoms with Crippen LogP contribution in [0.5, 0.6) is 0 Å². The highest BCUT2D eigenvalue weighted by molar-refractivity contribution is 5.78. The van der Waals surface area contributed by atoms with Gasteiger partial charge in [0.25, 0.3) is 0 Å². The summed E-state index contributed by atoms with van der Waals surface area (Å²) in [4.78, 5) is 16.2. The fourth-order valence-electron chi connectivity index (χ4n) is 1.90. The summed E-state index contributed by atoms with van der Waals surface area (Å²) in [5.41, 5.74) is 0.976. The summed E-state index contributed by atoms with van der Waals surface area (Å²) in [5, 5.41) is 4.06. The van der Waals surface area contributed by atoms with E-state index in [9.17, 15) is 4.79 Å². The average Bonchev–Trinajstić information content (AvgIpc) is 2.65. The monoisotopic (exact) mass is 222 g/mol. The number of piperazine rings is 1. The highest BCUT2D eigenvalue weighted by atomic mass is 16.2. The molecule has 0 saturated carbocycles. The minimum atomic E-state index is 0.205. The molecule has 0 N–H and O–H groups in total. The van der Waals surface area contributed by atoms with Gasteiger partial charge in [0.15, 0.2) is 0 Å². The lowest BCUT2D eigenvalue weighted by Gasteiger charge is -2.32.